The number of nitrogens with zero attached hydrogens (tertiary/aromatic N) is 6. The second-order valence-corrected chi connectivity index (χ2v) is 10.4. The molecule has 1 amide bonds. The van der Waals surface area contributed by atoms with E-state index in [1.165, 1.54) is 0 Å². The Hall–Kier alpha value is -3.96. The van der Waals surface area contributed by atoms with Gasteiger partial charge < -0.3 is 25.3 Å². The largest absolute Gasteiger partial charge is 0.475 e. The maximum Gasteiger partial charge on any atom is 0.256 e. The van der Waals surface area contributed by atoms with Gasteiger partial charge in [-0.25, -0.2) is 9.97 Å². The number of hydrogen-bond acceptors (Lipinski definition) is 8. The second kappa shape index (κ2) is 11.6. The van der Waals surface area contributed by atoms with Gasteiger partial charge in [-0.3, -0.25) is 14.4 Å². The zero-order chi connectivity index (χ0) is 28.4. The van der Waals surface area contributed by atoms with E-state index in [2.05, 4.69) is 56.4 Å². The van der Waals surface area contributed by atoms with Crippen LogP contribution in [-0.2, 0) is 18.3 Å². The van der Waals surface area contributed by atoms with Crippen LogP contribution in [0.25, 0.3) is 22.2 Å². The quantitative estimate of drug-likeness (QED) is 0.289. The molecule has 1 aromatic carbocycles. The van der Waals surface area contributed by atoms with E-state index in [1.54, 1.807) is 4.68 Å². The number of hydrogen-bond donors (Lipinski definition) is 3. The molecule has 1 fully saturated rings. The van der Waals surface area contributed by atoms with Crippen LogP contribution in [0.15, 0.2) is 36.8 Å². The predicted octanol–water partition coefficient (Wildman–Crippen LogP) is 4.03. The van der Waals surface area contributed by atoms with E-state index in [0.717, 1.165) is 59.5 Å². The summed E-state index contributed by atoms with van der Waals surface area (Å²) in [5.41, 5.74) is 5.12. The van der Waals surface area contributed by atoms with Gasteiger partial charge >= 0.3 is 0 Å². The molecule has 40 heavy (non-hydrogen) atoms. The lowest BCUT2D eigenvalue weighted by Crippen LogP contribution is -2.55. The molecule has 0 radical (unpaired) electrons. The molecular weight excluding hydrogens is 506 g/mol. The molecule has 3 N–H and O–H groups in total. The summed E-state index contributed by atoms with van der Waals surface area (Å²) in [7, 11) is 3.97. The number of aromatic amines is 1. The zero-order valence-corrected chi connectivity index (χ0v) is 24.2. The third-order valence-electron chi connectivity index (χ3n) is 7.71. The molecule has 1 aliphatic heterocycles. The fourth-order valence-electron chi connectivity index (χ4n) is 5.16. The van der Waals surface area contributed by atoms with E-state index < -0.39 is 0 Å². The average molecular weight is 546 g/mol. The maximum absolute atomic E-state index is 13.3. The van der Waals surface area contributed by atoms with Gasteiger partial charge in [0.05, 0.1) is 35.7 Å². The summed E-state index contributed by atoms with van der Waals surface area (Å²) in [4.78, 5) is 30.7. The van der Waals surface area contributed by atoms with Gasteiger partial charge in [0.2, 0.25) is 11.9 Å². The highest BCUT2D eigenvalue weighted by atomic mass is 16.5. The van der Waals surface area contributed by atoms with Gasteiger partial charge in [0, 0.05) is 56.1 Å². The van der Waals surface area contributed by atoms with E-state index in [1.807, 2.05) is 57.7 Å². The number of amides is 1. The van der Waals surface area contributed by atoms with Gasteiger partial charge in [-0.2, -0.15) is 0 Å². The first-order valence-electron chi connectivity index (χ1n) is 13.9. The predicted molar refractivity (Wildman–Crippen MR) is 158 cm³/mol. The number of aromatic nitrogens is 5. The Kier molecular flexibility index (Phi) is 8.04. The highest BCUT2D eigenvalue weighted by Crippen LogP contribution is 2.34. The summed E-state index contributed by atoms with van der Waals surface area (Å²) >= 11 is 0. The molecule has 5 rings (SSSR count). The van der Waals surface area contributed by atoms with Crippen molar-refractivity contribution in [3.63, 3.8) is 0 Å². The summed E-state index contributed by atoms with van der Waals surface area (Å²) < 4.78 is 7.34. The van der Waals surface area contributed by atoms with Crippen molar-refractivity contribution in [1.82, 2.24) is 34.5 Å². The highest BCUT2D eigenvalue weighted by molar-refractivity contribution is 6.06. The molecule has 0 saturated carbocycles. The van der Waals surface area contributed by atoms with Crippen LogP contribution in [0.2, 0.25) is 0 Å². The molecule has 3 aromatic heterocycles. The third-order valence-corrected chi connectivity index (χ3v) is 7.71. The van der Waals surface area contributed by atoms with E-state index in [0.29, 0.717) is 30.2 Å². The molecular formula is C29H39N9O2. The van der Waals surface area contributed by atoms with Crippen LogP contribution in [0.5, 0.6) is 5.88 Å². The van der Waals surface area contributed by atoms with Crippen LogP contribution in [0, 0.1) is 0 Å². The van der Waals surface area contributed by atoms with Gasteiger partial charge in [0.25, 0.3) is 5.88 Å². The molecule has 11 heteroatoms. The molecule has 4 aromatic rings. The SMILES string of the molecule is CCOc1nn(C)cc1Nc1ncc(CC)c(-c2c[nH]c3c(NC(=O)C(C)N4CCN(C)[C@H](C)C4)cccc23)n1. The fourth-order valence-corrected chi connectivity index (χ4v) is 5.16. The topological polar surface area (TPSA) is 116 Å². The monoisotopic (exact) mass is 545 g/mol. The lowest BCUT2D eigenvalue weighted by Gasteiger charge is -2.40. The molecule has 4 heterocycles. The zero-order valence-electron chi connectivity index (χ0n) is 24.2. The van der Waals surface area contributed by atoms with Crippen molar-refractivity contribution in [3.8, 4) is 17.1 Å². The van der Waals surface area contributed by atoms with Gasteiger partial charge in [-0.05, 0) is 45.9 Å². The summed E-state index contributed by atoms with van der Waals surface area (Å²) in [5, 5.41) is 11.8. The standard InChI is InChI=1S/C29H39N9O2/c1-7-20-14-31-29(33-24-17-37(6)35-28(24)40-8-2)34-25(20)22-15-30-26-21(22)10-9-11-23(26)32-27(39)19(4)38-13-12-36(5)18(3)16-38/h9-11,14-15,17-19,30H,7-8,12-13,16H2,1-6H3,(H,32,39)(H,31,33,34)/t18-,19?/m1/s1. The number of nitrogens with one attached hydrogen (secondary N) is 3. The Morgan fingerprint density at radius 2 is 2.05 bits per heavy atom. The Bertz CT molecular complexity index is 1490. The Labute approximate surface area is 234 Å². The molecule has 1 saturated heterocycles. The minimum Gasteiger partial charge on any atom is -0.475 e. The fraction of sp³-hybridized carbons (Fsp3) is 0.448. The molecule has 212 valence electrons. The minimum absolute atomic E-state index is 0.00949. The number of aryl methyl sites for hydroxylation is 2. The Morgan fingerprint density at radius 1 is 1.23 bits per heavy atom. The normalized spacial score (nSPS) is 17.2. The molecule has 1 unspecified atom stereocenters. The number of carbonyl (C=O) groups is 1. The first kappa shape index (κ1) is 27.6. The van der Waals surface area contributed by atoms with E-state index in [4.69, 9.17) is 9.72 Å². The van der Waals surface area contributed by atoms with Crippen molar-refractivity contribution in [1.29, 1.82) is 0 Å². The average Bonchev–Trinajstić information content (AvgIpc) is 3.53. The van der Waals surface area contributed by atoms with Crippen molar-refractivity contribution in [2.24, 2.45) is 7.05 Å². The molecule has 0 bridgehead atoms. The number of H-pyrrole nitrogens is 1. The molecule has 1 aliphatic rings. The number of anilines is 3. The van der Waals surface area contributed by atoms with Crippen LogP contribution in [-0.4, -0.2) is 85.8 Å². The molecule has 0 spiro atoms. The lowest BCUT2D eigenvalue weighted by molar-refractivity contribution is -0.121. The van der Waals surface area contributed by atoms with Crippen LogP contribution in [0.3, 0.4) is 0 Å². The van der Waals surface area contributed by atoms with Crippen molar-refractivity contribution in [2.45, 2.75) is 46.2 Å². The summed E-state index contributed by atoms with van der Waals surface area (Å²) in [5.74, 6) is 0.947. The number of piperazine rings is 1. The Balaban J connectivity index is 1.42. The number of fused-ring (bicyclic) bond motifs is 1. The maximum atomic E-state index is 13.3. The van der Waals surface area contributed by atoms with Crippen molar-refractivity contribution in [3.05, 3.63) is 42.4 Å². The Morgan fingerprint density at radius 3 is 2.80 bits per heavy atom. The molecule has 2 atom stereocenters. The smallest absolute Gasteiger partial charge is 0.256 e. The molecule has 11 nitrogen and oxygen atoms in total. The number of rotatable bonds is 9. The number of carbonyl (C=O) groups excluding carboxylic acids is 1. The number of para-hydroxylation sites is 1. The summed E-state index contributed by atoms with van der Waals surface area (Å²) in [6.07, 6.45) is 6.42. The van der Waals surface area contributed by atoms with Gasteiger partial charge in [-0.1, -0.05) is 19.1 Å². The van der Waals surface area contributed by atoms with E-state index in [9.17, 15) is 4.79 Å². The third kappa shape index (κ3) is 5.52. The lowest BCUT2D eigenvalue weighted by atomic mass is 10.0. The van der Waals surface area contributed by atoms with Gasteiger partial charge in [0.1, 0.15) is 5.69 Å². The van der Waals surface area contributed by atoms with Crippen LogP contribution in [0.1, 0.15) is 33.3 Å². The van der Waals surface area contributed by atoms with Crippen molar-refractivity contribution < 1.29 is 9.53 Å². The number of likely N-dealkylation sites (N-methyl/N-ethyl adjacent to an activating group) is 1. The number of benzene rings is 1. The summed E-state index contributed by atoms with van der Waals surface area (Å²) in [6.45, 7) is 11.4. The van der Waals surface area contributed by atoms with Crippen LogP contribution < -0.4 is 15.4 Å². The first-order chi connectivity index (χ1) is 19.3. The number of ether oxygens (including phenoxy) is 1. The van der Waals surface area contributed by atoms with Crippen LogP contribution >= 0.6 is 0 Å². The van der Waals surface area contributed by atoms with Crippen LogP contribution in [0.4, 0.5) is 17.3 Å². The van der Waals surface area contributed by atoms with Gasteiger partial charge in [0.15, 0.2) is 0 Å². The van der Waals surface area contributed by atoms with Crippen molar-refractivity contribution >= 4 is 34.1 Å². The first-order valence-corrected chi connectivity index (χ1v) is 13.9. The highest BCUT2D eigenvalue weighted by Gasteiger charge is 2.28. The van der Waals surface area contributed by atoms with E-state index >= 15 is 0 Å². The molecule has 0 aliphatic carbocycles. The van der Waals surface area contributed by atoms with E-state index in [-0.39, 0.29) is 11.9 Å². The second-order valence-electron chi connectivity index (χ2n) is 10.4. The van der Waals surface area contributed by atoms with Crippen molar-refractivity contribution in [2.75, 3.05) is 43.9 Å². The summed E-state index contributed by atoms with van der Waals surface area (Å²) in [6, 6.07) is 6.14. The van der Waals surface area contributed by atoms with Gasteiger partial charge in [-0.15, -0.1) is 5.10 Å². The minimum atomic E-state index is -0.225.